The molecule has 4 nitrogen and oxygen atoms in total. The van der Waals surface area contributed by atoms with Crippen molar-refractivity contribution in [1.29, 1.82) is 0 Å². The van der Waals surface area contributed by atoms with Crippen LogP contribution >= 0.6 is 11.6 Å². The molecule has 1 aromatic rings. The van der Waals surface area contributed by atoms with Crippen LogP contribution in [0.4, 0.5) is 5.69 Å². The molecule has 18 heavy (non-hydrogen) atoms. The van der Waals surface area contributed by atoms with Gasteiger partial charge in [0.05, 0.1) is 18.9 Å². The van der Waals surface area contributed by atoms with E-state index in [2.05, 4.69) is 0 Å². The number of carbonyl (C=O) groups is 1. The summed E-state index contributed by atoms with van der Waals surface area (Å²) in [4.78, 5) is 13.3. The van der Waals surface area contributed by atoms with Crippen LogP contribution in [0.2, 0.25) is 0 Å². The summed E-state index contributed by atoms with van der Waals surface area (Å²) in [6.45, 7) is 3.97. The highest BCUT2D eigenvalue weighted by Gasteiger charge is 2.18. The van der Waals surface area contributed by atoms with Crippen molar-refractivity contribution in [3.63, 3.8) is 0 Å². The largest absolute Gasteiger partial charge is 0.495 e. The maximum atomic E-state index is 11.9. The van der Waals surface area contributed by atoms with Crippen LogP contribution in [0.15, 0.2) is 24.3 Å². The number of anilines is 1. The Balaban J connectivity index is 2.97. The van der Waals surface area contributed by atoms with Crippen LogP contribution in [-0.2, 0) is 9.53 Å². The second-order valence-corrected chi connectivity index (χ2v) is 4.24. The molecule has 0 N–H and O–H groups in total. The summed E-state index contributed by atoms with van der Waals surface area (Å²) >= 11 is 5.62. The Hall–Kier alpha value is -1.26. The van der Waals surface area contributed by atoms with Gasteiger partial charge in [-0.05, 0) is 26.0 Å². The normalized spacial score (nSPS) is 10.5. The molecule has 1 amide bonds. The standard InChI is InChI=1S/C13H18ClNO3/c1-10(2)18-9-15(13(16)8-14)11-6-4-5-7-12(11)17-3/h4-7,10H,8-9H2,1-3H3. The molecular formula is C13H18ClNO3. The average Bonchev–Trinajstić information content (AvgIpc) is 2.38. The maximum absolute atomic E-state index is 11.9. The minimum atomic E-state index is -0.221. The molecule has 0 unspecified atom stereocenters. The lowest BCUT2D eigenvalue weighted by molar-refractivity contribution is -0.117. The van der Waals surface area contributed by atoms with Gasteiger partial charge in [0, 0.05) is 0 Å². The lowest BCUT2D eigenvalue weighted by atomic mass is 10.2. The minimum Gasteiger partial charge on any atom is -0.495 e. The molecule has 0 aromatic heterocycles. The Kier molecular flexibility index (Phi) is 5.95. The van der Waals surface area contributed by atoms with Gasteiger partial charge in [-0.15, -0.1) is 11.6 Å². The number of benzene rings is 1. The van der Waals surface area contributed by atoms with E-state index in [1.165, 1.54) is 4.90 Å². The van der Waals surface area contributed by atoms with Crippen LogP contribution in [0.5, 0.6) is 5.75 Å². The predicted octanol–water partition coefficient (Wildman–Crippen LogP) is 2.65. The predicted molar refractivity (Wildman–Crippen MR) is 72.3 cm³/mol. The number of amides is 1. The van der Waals surface area contributed by atoms with E-state index in [1.54, 1.807) is 19.2 Å². The van der Waals surface area contributed by atoms with Gasteiger partial charge < -0.3 is 9.47 Å². The molecule has 0 bridgehead atoms. The van der Waals surface area contributed by atoms with Gasteiger partial charge in [-0.1, -0.05) is 12.1 Å². The lowest BCUT2D eigenvalue weighted by Crippen LogP contribution is -2.35. The summed E-state index contributed by atoms with van der Waals surface area (Å²) in [5.74, 6) is 0.296. The highest BCUT2D eigenvalue weighted by atomic mass is 35.5. The number of rotatable bonds is 6. The van der Waals surface area contributed by atoms with Crippen molar-refractivity contribution in [1.82, 2.24) is 0 Å². The van der Waals surface area contributed by atoms with Crippen molar-refractivity contribution < 1.29 is 14.3 Å². The van der Waals surface area contributed by atoms with Gasteiger partial charge >= 0.3 is 0 Å². The first-order chi connectivity index (χ1) is 8.60. The molecule has 1 rings (SSSR count). The molecule has 0 saturated heterocycles. The molecule has 0 fully saturated rings. The Labute approximate surface area is 112 Å². The number of hydrogen-bond donors (Lipinski definition) is 0. The topological polar surface area (TPSA) is 38.8 Å². The summed E-state index contributed by atoms with van der Waals surface area (Å²) in [7, 11) is 1.56. The van der Waals surface area contributed by atoms with Crippen molar-refractivity contribution in [3.8, 4) is 5.75 Å². The van der Waals surface area contributed by atoms with Gasteiger partial charge in [-0.2, -0.15) is 0 Å². The second kappa shape index (κ2) is 7.24. The van der Waals surface area contributed by atoms with Gasteiger partial charge in [0.25, 0.3) is 0 Å². The van der Waals surface area contributed by atoms with Gasteiger partial charge in [-0.3, -0.25) is 9.69 Å². The average molecular weight is 272 g/mol. The highest BCUT2D eigenvalue weighted by Crippen LogP contribution is 2.27. The molecule has 0 radical (unpaired) electrons. The first kappa shape index (κ1) is 14.8. The molecule has 1 aromatic carbocycles. The molecule has 100 valence electrons. The Morgan fingerprint density at radius 2 is 2.06 bits per heavy atom. The lowest BCUT2D eigenvalue weighted by Gasteiger charge is -2.24. The van der Waals surface area contributed by atoms with Crippen molar-refractivity contribution >= 4 is 23.2 Å². The molecule has 5 heteroatoms. The van der Waals surface area contributed by atoms with Crippen molar-refractivity contribution in [2.75, 3.05) is 24.6 Å². The van der Waals surface area contributed by atoms with Crippen LogP contribution in [-0.4, -0.2) is 31.7 Å². The number of hydrogen-bond acceptors (Lipinski definition) is 3. The minimum absolute atomic E-state index is 0.0327. The molecule has 0 aliphatic rings. The van der Waals surface area contributed by atoms with E-state index in [4.69, 9.17) is 21.1 Å². The summed E-state index contributed by atoms with van der Waals surface area (Å²) in [6, 6.07) is 7.27. The summed E-state index contributed by atoms with van der Waals surface area (Å²) < 4.78 is 10.7. The smallest absolute Gasteiger partial charge is 0.243 e. The van der Waals surface area contributed by atoms with Crippen LogP contribution < -0.4 is 9.64 Å². The van der Waals surface area contributed by atoms with E-state index >= 15 is 0 Å². The number of halogens is 1. The van der Waals surface area contributed by atoms with Crippen molar-refractivity contribution in [3.05, 3.63) is 24.3 Å². The Morgan fingerprint density at radius 1 is 1.39 bits per heavy atom. The van der Waals surface area contributed by atoms with E-state index in [0.29, 0.717) is 11.4 Å². The highest BCUT2D eigenvalue weighted by molar-refractivity contribution is 6.29. The van der Waals surface area contributed by atoms with Crippen molar-refractivity contribution in [2.45, 2.75) is 20.0 Å². The quantitative estimate of drug-likeness (QED) is 0.590. The maximum Gasteiger partial charge on any atom is 0.243 e. The van der Waals surface area contributed by atoms with Crippen molar-refractivity contribution in [2.24, 2.45) is 0 Å². The molecule has 0 atom stereocenters. The Bertz CT molecular complexity index is 396. The third kappa shape index (κ3) is 3.89. The zero-order valence-electron chi connectivity index (χ0n) is 10.9. The van der Waals surface area contributed by atoms with Gasteiger partial charge in [0.2, 0.25) is 5.91 Å². The monoisotopic (exact) mass is 271 g/mol. The van der Waals surface area contributed by atoms with E-state index in [0.717, 1.165) is 0 Å². The fraction of sp³-hybridized carbons (Fsp3) is 0.462. The first-order valence-electron chi connectivity index (χ1n) is 5.71. The second-order valence-electron chi connectivity index (χ2n) is 3.97. The van der Waals surface area contributed by atoms with Crippen LogP contribution in [0, 0.1) is 0 Å². The van der Waals surface area contributed by atoms with Gasteiger partial charge in [-0.25, -0.2) is 0 Å². The fourth-order valence-electron chi connectivity index (χ4n) is 1.42. The fourth-order valence-corrected chi connectivity index (χ4v) is 1.57. The SMILES string of the molecule is COc1ccccc1N(COC(C)C)C(=O)CCl. The van der Waals surface area contributed by atoms with Crippen LogP contribution in [0.1, 0.15) is 13.8 Å². The summed E-state index contributed by atoms with van der Waals surface area (Å²) in [5, 5.41) is 0. The summed E-state index contributed by atoms with van der Waals surface area (Å²) in [5.41, 5.74) is 0.659. The molecule has 0 aliphatic carbocycles. The van der Waals surface area contributed by atoms with Gasteiger partial charge in [0.1, 0.15) is 18.4 Å². The van der Waals surface area contributed by atoms with Crippen LogP contribution in [0.25, 0.3) is 0 Å². The third-order valence-corrected chi connectivity index (χ3v) is 2.56. The number of nitrogens with zero attached hydrogens (tertiary/aromatic N) is 1. The zero-order chi connectivity index (χ0) is 13.5. The zero-order valence-corrected chi connectivity index (χ0v) is 11.6. The third-order valence-electron chi connectivity index (χ3n) is 2.33. The van der Waals surface area contributed by atoms with E-state index in [-0.39, 0.29) is 24.6 Å². The molecule has 0 heterocycles. The first-order valence-corrected chi connectivity index (χ1v) is 6.24. The number of carbonyl (C=O) groups excluding carboxylic acids is 1. The van der Waals surface area contributed by atoms with E-state index < -0.39 is 0 Å². The number of methoxy groups -OCH3 is 1. The Morgan fingerprint density at radius 3 is 2.61 bits per heavy atom. The molecule has 0 spiro atoms. The molecular weight excluding hydrogens is 254 g/mol. The number of para-hydroxylation sites is 2. The van der Waals surface area contributed by atoms with E-state index in [9.17, 15) is 4.79 Å². The van der Waals surface area contributed by atoms with Crippen LogP contribution in [0.3, 0.4) is 0 Å². The molecule has 0 aliphatic heterocycles. The van der Waals surface area contributed by atoms with E-state index in [1.807, 2.05) is 26.0 Å². The number of ether oxygens (including phenoxy) is 2. The number of alkyl halides is 1. The summed E-state index contributed by atoms with van der Waals surface area (Å²) in [6.07, 6.45) is 0.0327. The molecule has 0 saturated carbocycles. The van der Waals surface area contributed by atoms with Gasteiger partial charge in [0.15, 0.2) is 0 Å².